The lowest BCUT2D eigenvalue weighted by atomic mass is 10.2. The van der Waals surface area contributed by atoms with Crippen molar-refractivity contribution in [2.75, 3.05) is 12.4 Å². The monoisotopic (exact) mass is 351 g/mol. The minimum Gasteiger partial charge on any atom is -0.496 e. The van der Waals surface area contributed by atoms with Crippen molar-refractivity contribution >= 4 is 21.6 Å². The first-order valence-corrected chi connectivity index (χ1v) is 7.85. The molecule has 2 rings (SSSR count). The van der Waals surface area contributed by atoms with Crippen molar-refractivity contribution in [3.63, 3.8) is 0 Å². The molecule has 21 heavy (non-hydrogen) atoms. The fraction of sp³-hybridized carbons (Fsp3) is 0.438. The first-order valence-electron chi connectivity index (χ1n) is 7.06. The van der Waals surface area contributed by atoms with Crippen LogP contribution in [0.15, 0.2) is 22.7 Å². The van der Waals surface area contributed by atoms with E-state index < -0.39 is 0 Å². The summed E-state index contributed by atoms with van der Waals surface area (Å²) in [5, 5.41) is 8.09. The molecule has 0 fully saturated rings. The summed E-state index contributed by atoms with van der Waals surface area (Å²) in [4.78, 5) is 0. The van der Waals surface area contributed by atoms with Crippen LogP contribution in [0.1, 0.15) is 36.8 Å². The van der Waals surface area contributed by atoms with Crippen molar-refractivity contribution in [3.05, 3.63) is 39.6 Å². The Hall–Kier alpha value is -1.49. The maximum absolute atomic E-state index is 5.41. The van der Waals surface area contributed by atoms with Crippen LogP contribution >= 0.6 is 15.9 Å². The second-order valence-corrected chi connectivity index (χ2v) is 6.31. The SMILES string of the molecule is COc1ccc(Br)cc1CNc1c(C)nn(C(C)C)c1C. The van der Waals surface area contributed by atoms with Gasteiger partial charge in [-0.15, -0.1) is 0 Å². The van der Waals surface area contributed by atoms with Crippen molar-refractivity contribution < 1.29 is 4.74 Å². The number of nitrogens with one attached hydrogen (secondary N) is 1. The fourth-order valence-corrected chi connectivity index (χ4v) is 2.90. The summed E-state index contributed by atoms with van der Waals surface area (Å²) in [6.45, 7) is 9.11. The van der Waals surface area contributed by atoms with Crippen molar-refractivity contribution in [2.24, 2.45) is 0 Å². The third kappa shape index (κ3) is 3.40. The number of anilines is 1. The number of benzene rings is 1. The number of hydrogen-bond acceptors (Lipinski definition) is 3. The highest BCUT2D eigenvalue weighted by molar-refractivity contribution is 9.10. The Morgan fingerprint density at radius 3 is 2.62 bits per heavy atom. The van der Waals surface area contributed by atoms with Gasteiger partial charge in [-0.3, -0.25) is 4.68 Å². The molecule has 0 bridgehead atoms. The van der Waals surface area contributed by atoms with E-state index in [1.807, 2.05) is 19.1 Å². The molecule has 0 aliphatic carbocycles. The van der Waals surface area contributed by atoms with Gasteiger partial charge < -0.3 is 10.1 Å². The van der Waals surface area contributed by atoms with Gasteiger partial charge in [-0.1, -0.05) is 15.9 Å². The number of halogens is 1. The highest BCUT2D eigenvalue weighted by Crippen LogP contribution is 2.26. The van der Waals surface area contributed by atoms with Gasteiger partial charge in [-0.05, 0) is 45.9 Å². The van der Waals surface area contributed by atoms with Gasteiger partial charge in [0.15, 0.2) is 0 Å². The Morgan fingerprint density at radius 1 is 1.33 bits per heavy atom. The van der Waals surface area contributed by atoms with Crippen LogP contribution in [-0.4, -0.2) is 16.9 Å². The predicted octanol–water partition coefficient (Wildman–Crippen LogP) is 4.46. The first-order chi connectivity index (χ1) is 9.93. The van der Waals surface area contributed by atoms with Crippen molar-refractivity contribution in [2.45, 2.75) is 40.3 Å². The van der Waals surface area contributed by atoms with Crippen LogP contribution < -0.4 is 10.1 Å². The van der Waals surface area contributed by atoms with Gasteiger partial charge in [0.1, 0.15) is 5.75 Å². The lowest BCUT2D eigenvalue weighted by Gasteiger charge is -2.12. The summed E-state index contributed by atoms with van der Waals surface area (Å²) in [6.07, 6.45) is 0. The Balaban J connectivity index is 2.23. The maximum atomic E-state index is 5.41. The Labute approximate surface area is 134 Å². The van der Waals surface area contributed by atoms with Crippen molar-refractivity contribution in [3.8, 4) is 5.75 Å². The van der Waals surface area contributed by atoms with Crippen LogP contribution in [0.25, 0.3) is 0 Å². The smallest absolute Gasteiger partial charge is 0.123 e. The van der Waals surface area contributed by atoms with Gasteiger partial charge in [0.25, 0.3) is 0 Å². The van der Waals surface area contributed by atoms with Crippen LogP contribution in [0.3, 0.4) is 0 Å². The lowest BCUT2D eigenvalue weighted by Crippen LogP contribution is -2.06. The zero-order chi connectivity index (χ0) is 15.6. The third-order valence-corrected chi connectivity index (χ3v) is 4.01. The number of aromatic nitrogens is 2. The van der Waals surface area contributed by atoms with E-state index >= 15 is 0 Å². The van der Waals surface area contributed by atoms with E-state index in [0.29, 0.717) is 12.6 Å². The zero-order valence-electron chi connectivity index (χ0n) is 13.2. The highest BCUT2D eigenvalue weighted by Gasteiger charge is 2.13. The molecule has 0 spiro atoms. The van der Waals surface area contributed by atoms with Gasteiger partial charge in [0, 0.05) is 22.6 Å². The second-order valence-electron chi connectivity index (χ2n) is 5.39. The van der Waals surface area contributed by atoms with Crippen LogP contribution in [0, 0.1) is 13.8 Å². The molecule has 5 heteroatoms. The summed E-state index contributed by atoms with van der Waals surface area (Å²) in [6, 6.07) is 6.39. The van der Waals surface area contributed by atoms with E-state index in [4.69, 9.17) is 4.74 Å². The van der Waals surface area contributed by atoms with Crippen LogP contribution in [-0.2, 0) is 6.54 Å². The number of hydrogen-bond donors (Lipinski definition) is 1. The molecule has 0 radical (unpaired) electrons. The number of rotatable bonds is 5. The number of methoxy groups -OCH3 is 1. The molecule has 1 N–H and O–H groups in total. The molecule has 0 aliphatic rings. The average Bonchev–Trinajstić information content (AvgIpc) is 2.72. The van der Waals surface area contributed by atoms with Gasteiger partial charge in [0.05, 0.1) is 24.2 Å². The normalized spacial score (nSPS) is 11.0. The largest absolute Gasteiger partial charge is 0.496 e. The second kappa shape index (κ2) is 6.52. The molecular formula is C16H22BrN3O. The lowest BCUT2D eigenvalue weighted by molar-refractivity contribution is 0.410. The number of nitrogens with zero attached hydrogens (tertiary/aromatic N) is 2. The predicted molar refractivity (Wildman–Crippen MR) is 90.1 cm³/mol. The topological polar surface area (TPSA) is 39.1 Å². The third-order valence-electron chi connectivity index (χ3n) is 3.51. The summed E-state index contributed by atoms with van der Waals surface area (Å²) >= 11 is 3.50. The fourth-order valence-electron chi connectivity index (χ4n) is 2.49. The van der Waals surface area contributed by atoms with Crippen molar-refractivity contribution in [1.29, 1.82) is 0 Å². The van der Waals surface area contributed by atoms with E-state index in [2.05, 4.69) is 57.9 Å². The molecule has 0 amide bonds. The van der Waals surface area contributed by atoms with Crippen LogP contribution in [0.2, 0.25) is 0 Å². The molecule has 4 nitrogen and oxygen atoms in total. The molecule has 0 saturated heterocycles. The quantitative estimate of drug-likeness (QED) is 0.863. The number of ether oxygens (including phenoxy) is 1. The van der Waals surface area contributed by atoms with Gasteiger partial charge in [-0.25, -0.2) is 0 Å². The van der Waals surface area contributed by atoms with Gasteiger partial charge in [-0.2, -0.15) is 5.10 Å². The summed E-state index contributed by atoms with van der Waals surface area (Å²) in [5.74, 6) is 0.886. The molecule has 0 aliphatic heterocycles. The molecule has 1 aromatic carbocycles. The van der Waals surface area contributed by atoms with Gasteiger partial charge >= 0.3 is 0 Å². The van der Waals surface area contributed by atoms with Crippen LogP contribution in [0.5, 0.6) is 5.75 Å². The standard InChI is InChI=1S/C16H22BrN3O/c1-10(2)20-12(4)16(11(3)19-20)18-9-13-8-14(17)6-7-15(13)21-5/h6-8,10,18H,9H2,1-5H3. The first kappa shape index (κ1) is 15.9. The Morgan fingerprint density at radius 2 is 2.05 bits per heavy atom. The highest BCUT2D eigenvalue weighted by atomic mass is 79.9. The summed E-state index contributed by atoms with van der Waals surface area (Å²) in [5.41, 5.74) is 4.40. The molecule has 1 heterocycles. The molecule has 0 atom stereocenters. The molecule has 0 unspecified atom stereocenters. The van der Waals surface area contributed by atoms with E-state index in [0.717, 1.165) is 32.9 Å². The molecule has 0 saturated carbocycles. The van der Waals surface area contributed by atoms with Gasteiger partial charge in [0.2, 0.25) is 0 Å². The summed E-state index contributed by atoms with van der Waals surface area (Å²) < 4.78 is 8.51. The maximum Gasteiger partial charge on any atom is 0.123 e. The van der Waals surface area contributed by atoms with E-state index in [1.54, 1.807) is 7.11 Å². The molecular weight excluding hydrogens is 330 g/mol. The van der Waals surface area contributed by atoms with E-state index in [-0.39, 0.29) is 0 Å². The molecule has 1 aromatic heterocycles. The Bertz CT molecular complexity index is 635. The van der Waals surface area contributed by atoms with E-state index in [1.165, 1.54) is 0 Å². The van der Waals surface area contributed by atoms with Crippen molar-refractivity contribution in [1.82, 2.24) is 9.78 Å². The average molecular weight is 352 g/mol. The van der Waals surface area contributed by atoms with E-state index in [9.17, 15) is 0 Å². The number of aryl methyl sites for hydroxylation is 1. The minimum atomic E-state index is 0.361. The Kier molecular flexibility index (Phi) is 4.93. The molecule has 114 valence electrons. The zero-order valence-corrected chi connectivity index (χ0v) is 14.8. The van der Waals surface area contributed by atoms with Crippen LogP contribution in [0.4, 0.5) is 5.69 Å². The molecule has 2 aromatic rings. The minimum absolute atomic E-state index is 0.361. The summed E-state index contributed by atoms with van der Waals surface area (Å²) in [7, 11) is 1.69.